The number of fused-ring (bicyclic) bond motifs is 1. The third kappa shape index (κ3) is 2.03. The fourth-order valence-corrected chi connectivity index (χ4v) is 3.37. The van der Waals surface area contributed by atoms with Crippen molar-refractivity contribution in [1.29, 1.82) is 0 Å². The number of benzene rings is 1. The highest BCUT2D eigenvalue weighted by atomic mass is 14.3. The van der Waals surface area contributed by atoms with E-state index in [0.717, 1.165) is 5.92 Å². The van der Waals surface area contributed by atoms with E-state index >= 15 is 0 Å². The van der Waals surface area contributed by atoms with Gasteiger partial charge < -0.3 is 0 Å². The van der Waals surface area contributed by atoms with Crippen LogP contribution >= 0.6 is 0 Å². The van der Waals surface area contributed by atoms with Gasteiger partial charge >= 0.3 is 0 Å². The number of rotatable bonds is 1. The van der Waals surface area contributed by atoms with Gasteiger partial charge in [0.15, 0.2) is 0 Å². The van der Waals surface area contributed by atoms with E-state index < -0.39 is 0 Å². The molecule has 1 atom stereocenters. The van der Waals surface area contributed by atoms with Crippen LogP contribution in [-0.4, -0.2) is 0 Å². The second kappa shape index (κ2) is 4.15. The third-order valence-corrected chi connectivity index (χ3v) is 4.55. The maximum Gasteiger partial charge on any atom is -0.0129 e. The molecule has 1 aliphatic carbocycles. The minimum absolute atomic E-state index is 0.269. The Labute approximate surface area is 106 Å². The highest BCUT2D eigenvalue weighted by molar-refractivity contribution is 5.50. The molecule has 0 aliphatic heterocycles. The van der Waals surface area contributed by atoms with Gasteiger partial charge in [0.25, 0.3) is 0 Å². The highest BCUT2D eigenvalue weighted by Gasteiger charge is 2.27. The van der Waals surface area contributed by atoms with Crippen molar-refractivity contribution in [3.8, 4) is 0 Å². The van der Waals surface area contributed by atoms with Crippen LogP contribution in [0.4, 0.5) is 0 Å². The number of hydrogen-bond acceptors (Lipinski definition) is 0. The van der Waals surface area contributed by atoms with Crippen LogP contribution in [0.25, 0.3) is 0 Å². The van der Waals surface area contributed by atoms with E-state index in [-0.39, 0.29) is 5.41 Å². The van der Waals surface area contributed by atoms with Crippen LogP contribution in [0, 0.1) is 13.8 Å². The van der Waals surface area contributed by atoms with Gasteiger partial charge in [-0.25, -0.2) is 0 Å². The van der Waals surface area contributed by atoms with Gasteiger partial charge in [-0.3, -0.25) is 0 Å². The first-order valence-corrected chi connectivity index (χ1v) is 6.99. The van der Waals surface area contributed by atoms with Crippen LogP contribution in [0.5, 0.6) is 0 Å². The maximum absolute atomic E-state index is 2.51. The predicted octanol–water partition coefficient (Wildman–Crippen LogP) is 5.04. The summed E-state index contributed by atoms with van der Waals surface area (Å²) < 4.78 is 0. The van der Waals surface area contributed by atoms with E-state index in [9.17, 15) is 0 Å². The van der Waals surface area contributed by atoms with Crippen molar-refractivity contribution in [2.75, 3.05) is 0 Å². The molecule has 1 unspecified atom stereocenters. The Morgan fingerprint density at radius 1 is 1.18 bits per heavy atom. The van der Waals surface area contributed by atoms with Crippen molar-refractivity contribution < 1.29 is 0 Å². The zero-order valence-electron chi connectivity index (χ0n) is 12.3. The lowest BCUT2D eigenvalue weighted by molar-refractivity contribution is 0.582. The molecule has 0 heteroatoms. The van der Waals surface area contributed by atoms with Crippen LogP contribution in [0.1, 0.15) is 74.3 Å². The average molecular weight is 230 g/mol. The minimum Gasteiger partial charge on any atom is -0.0648 e. The summed E-state index contributed by atoms with van der Waals surface area (Å²) in [4.78, 5) is 0. The van der Waals surface area contributed by atoms with E-state index in [1.165, 1.54) is 24.8 Å². The molecule has 0 bridgehead atoms. The summed E-state index contributed by atoms with van der Waals surface area (Å²) in [6, 6.07) is 2.51. The van der Waals surface area contributed by atoms with Crippen LogP contribution in [0.15, 0.2) is 6.07 Å². The smallest absolute Gasteiger partial charge is 0.0129 e. The molecular formula is C17H26. The Kier molecular flexibility index (Phi) is 3.10. The molecule has 0 spiro atoms. The lowest BCUT2D eigenvalue weighted by Crippen LogP contribution is -2.15. The van der Waals surface area contributed by atoms with E-state index in [1.807, 2.05) is 0 Å². The average Bonchev–Trinajstić information content (AvgIpc) is 2.64. The first-order chi connectivity index (χ1) is 7.86. The normalized spacial score (nSPS) is 19.5. The summed E-state index contributed by atoms with van der Waals surface area (Å²) in [7, 11) is 0. The highest BCUT2D eigenvalue weighted by Crippen LogP contribution is 2.41. The topological polar surface area (TPSA) is 0 Å². The summed E-state index contributed by atoms with van der Waals surface area (Å²) in [6.07, 6.45) is 3.95. The van der Waals surface area contributed by atoms with E-state index in [4.69, 9.17) is 0 Å². The first-order valence-electron chi connectivity index (χ1n) is 6.99. The van der Waals surface area contributed by atoms with Crippen molar-refractivity contribution in [2.45, 2.75) is 72.1 Å². The largest absolute Gasteiger partial charge is 0.0648 e. The minimum atomic E-state index is 0.269. The Morgan fingerprint density at radius 2 is 1.82 bits per heavy atom. The van der Waals surface area contributed by atoms with E-state index in [1.54, 1.807) is 22.3 Å². The second-order valence-corrected chi connectivity index (χ2v) is 6.64. The SMILES string of the molecule is CCC1CCc2c1cc(C(C)(C)C)c(C)c2C. The van der Waals surface area contributed by atoms with Gasteiger partial charge in [-0.15, -0.1) is 0 Å². The molecule has 0 saturated carbocycles. The number of hydrogen-bond donors (Lipinski definition) is 0. The molecule has 0 aromatic heterocycles. The van der Waals surface area contributed by atoms with Crippen LogP contribution < -0.4 is 0 Å². The molecule has 1 aromatic rings. The summed E-state index contributed by atoms with van der Waals surface area (Å²) >= 11 is 0. The second-order valence-electron chi connectivity index (χ2n) is 6.64. The molecule has 94 valence electrons. The molecule has 0 saturated heterocycles. The first kappa shape index (κ1) is 12.7. The fraction of sp³-hybridized carbons (Fsp3) is 0.647. The summed E-state index contributed by atoms with van der Waals surface area (Å²) in [5.41, 5.74) is 8.21. The molecule has 0 nitrogen and oxygen atoms in total. The molecule has 1 aliphatic rings. The van der Waals surface area contributed by atoms with Gasteiger partial charge in [-0.05, 0) is 72.3 Å². The Hall–Kier alpha value is -0.780. The van der Waals surface area contributed by atoms with Gasteiger partial charge in [0, 0.05) is 0 Å². The van der Waals surface area contributed by atoms with E-state index in [0.29, 0.717) is 0 Å². The summed E-state index contributed by atoms with van der Waals surface area (Å²) in [5.74, 6) is 0.811. The van der Waals surface area contributed by atoms with Crippen molar-refractivity contribution in [1.82, 2.24) is 0 Å². The Morgan fingerprint density at radius 3 is 2.35 bits per heavy atom. The lowest BCUT2D eigenvalue weighted by atomic mass is 9.79. The Bertz CT molecular complexity index is 432. The van der Waals surface area contributed by atoms with Crippen molar-refractivity contribution in [2.24, 2.45) is 0 Å². The molecular weight excluding hydrogens is 204 g/mol. The van der Waals surface area contributed by atoms with Gasteiger partial charge in [-0.2, -0.15) is 0 Å². The van der Waals surface area contributed by atoms with Gasteiger partial charge in [0.2, 0.25) is 0 Å². The molecule has 0 amide bonds. The molecule has 1 aromatic carbocycles. The monoisotopic (exact) mass is 230 g/mol. The van der Waals surface area contributed by atoms with Gasteiger partial charge in [-0.1, -0.05) is 33.8 Å². The van der Waals surface area contributed by atoms with Gasteiger partial charge in [0.05, 0.1) is 0 Å². The van der Waals surface area contributed by atoms with Crippen molar-refractivity contribution in [3.63, 3.8) is 0 Å². The van der Waals surface area contributed by atoms with Crippen molar-refractivity contribution in [3.05, 3.63) is 33.9 Å². The Balaban J connectivity index is 2.63. The third-order valence-electron chi connectivity index (χ3n) is 4.55. The molecule has 0 radical (unpaired) electrons. The van der Waals surface area contributed by atoms with E-state index in [2.05, 4.69) is 47.6 Å². The van der Waals surface area contributed by atoms with Crippen LogP contribution in [0.3, 0.4) is 0 Å². The quantitative estimate of drug-likeness (QED) is 0.634. The summed E-state index contributed by atoms with van der Waals surface area (Å²) in [6.45, 7) is 13.9. The van der Waals surface area contributed by atoms with Crippen LogP contribution in [-0.2, 0) is 11.8 Å². The zero-order valence-corrected chi connectivity index (χ0v) is 12.3. The standard InChI is InChI=1S/C17H26/c1-7-13-8-9-14-11(2)12(3)16(10-15(13)14)17(4,5)6/h10,13H,7-9H2,1-6H3. The molecule has 0 fully saturated rings. The lowest BCUT2D eigenvalue weighted by Gasteiger charge is -2.26. The zero-order chi connectivity index (χ0) is 12.8. The summed E-state index contributed by atoms with van der Waals surface area (Å²) in [5, 5.41) is 0. The molecule has 0 N–H and O–H groups in total. The fourth-order valence-electron chi connectivity index (χ4n) is 3.37. The predicted molar refractivity (Wildman–Crippen MR) is 76.0 cm³/mol. The molecule has 2 rings (SSSR count). The maximum atomic E-state index is 2.51. The van der Waals surface area contributed by atoms with Crippen molar-refractivity contribution >= 4 is 0 Å². The van der Waals surface area contributed by atoms with Crippen LogP contribution in [0.2, 0.25) is 0 Å². The molecule has 0 heterocycles. The van der Waals surface area contributed by atoms with Gasteiger partial charge in [0.1, 0.15) is 0 Å². The molecule has 17 heavy (non-hydrogen) atoms.